The molecule has 0 unspecified atom stereocenters. The molecule has 1 amide bonds. The Morgan fingerprint density at radius 3 is 2.36 bits per heavy atom. The van der Waals surface area contributed by atoms with Gasteiger partial charge in [-0.1, -0.05) is 23.8 Å². The molecule has 140 valence electrons. The molecular formula is C21H17N3O4. The number of rotatable bonds is 5. The Morgan fingerprint density at radius 2 is 1.64 bits per heavy atom. The summed E-state index contributed by atoms with van der Waals surface area (Å²) in [4.78, 5) is 29.0. The molecule has 28 heavy (non-hydrogen) atoms. The summed E-state index contributed by atoms with van der Waals surface area (Å²) in [6, 6.07) is 19.4. The minimum Gasteiger partial charge on any atom is -0.508 e. The van der Waals surface area contributed by atoms with Gasteiger partial charge in [-0.2, -0.15) is 0 Å². The summed E-state index contributed by atoms with van der Waals surface area (Å²) in [5.41, 5.74) is 5.21. The molecule has 3 aromatic carbocycles. The fourth-order valence-corrected chi connectivity index (χ4v) is 2.33. The molecule has 0 aliphatic heterocycles. The van der Waals surface area contributed by atoms with Crippen LogP contribution in [0, 0.1) is 6.92 Å². The van der Waals surface area contributed by atoms with Crippen LogP contribution in [0.1, 0.15) is 26.3 Å². The molecule has 7 heteroatoms. The Kier molecular flexibility index (Phi) is 5.76. The molecule has 0 spiro atoms. The van der Waals surface area contributed by atoms with Crippen molar-refractivity contribution in [3.63, 3.8) is 0 Å². The number of nitrogens with zero attached hydrogens (tertiary/aromatic N) is 2. The highest BCUT2D eigenvalue weighted by Crippen LogP contribution is 2.18. The number of hydrogen-bond donors (Lipinski definition) is 2. The Labute approximate surface area is 161 Å². The van der Waals surface area contributed by atoms with E-state index in [4.69, 9.17) is 4.84 Å². The van der Waals surface area contributed by atoms with Crippen molar-refractivity contribution < 1.29 is 19.5 Å². The van der Waals surface area contributed by atoms with E-state index in [1.54, 1.807) is 48.5 Å². The Bertz CT molecular complexity index is 1030. The van der Waals surface area contributed by atoms with Crippen molar-refractivity contribution in [2.24, 2.45) is 10.2 Å². The zero-order valence-electron chi connectivity index (χ0n) is 15.0. The number of anilines is 1. The summed E-state index contributed by atoms with van der Waals surface area (Å²) >= 11 is 0. The van der Waals surface area contributed by atoms with Gasteiger partial charge in [-0.15, -0.1) is 10.2 Å². The van der Waals surface area contributed by atoms with Crippen LogP contribution in [0.3, 0.4) is 0 Å². The van der Waals surface area contributed by atoms with Crippen LogP contribution in [-0.2, 0) is 4.84 Å². The van der Waals surface area contributed by atoms with Crippen LogP contribution in [0.25, 0.3) is 0 Å². The van der Waals surface area contributed by atoms with Crippen LogP contribution >= 0.6 is 0 Å². The van der Waals surface area contributed by atoms with E-state index in [1.807, 2.05) is 13.0 Å². The fourth-order valence-electron chi connectivity index (χ4n) is 2.33. The van der Waals surface area contributed by atoms with Gasteiger partial charge in [0.1, 0.15) is 5.75 Å². The number of aryl methyl sites for hydroxylation is 1. The molecule has 2 N–H and O–H groups in total. The van der Waals surface area contributed by atoms with Crippen LogP contribution in [-0.4, -0.2) is 17.0 Å². The third kappa shape index (κ3) is 5.01. The summed E-state index contributed by atoms with van der Waals surface area (Å²) < 4.78 is 0. The van der Waals surface area contributed by atoms with Crippen molar-refractivity contribution in [3.8, 4) is 5.75 Å². The maximum atomic E-state index is 12.0. The van der Waals surface area contributed by atoms with Gasteiger partial charge >= 0.3 is 5.97 Å². The average molecular weight is 375 g/mol. The second-order valence-electron chi connectivity index (χ2n) is 5.96. The van der Waals surface area contributed by atoms with E-state index in [0.29, 0.717) is 16.9 Å². The molecule has 0 aromatic heterocycles. The number of benzene rings is 3. The SMILES string of the molecule is Cc1cccc(C(=O)ONc2ccc(N=NC(=O)c3cccc(O)c3)cc2)c1. The van der Waals surface area contributed by atoms with Gasteiger partial charge in [0.25, 0.3) is 5.91 Å². The average Bonchev–Trinajstić information content (AvgIpc) is 2.71. The molecule has 0 atom stereocenters. The summed E-state index contributed by atoms with van der Waals surface area (Å²) in [6.45, 7) is 1.89. The van der Waals surface area contributed by atoms with Gasteiger partial charge in [0, 0.05) is 5.56 Å². The van der Waals surface area contributed by atoms with E-state index in [9.17, 15) is 14.7 Å². The highest BCUT2D eigenvalue weighted by molar-refractivity contribution is 5.95. The molecule has 0 radical (unpaired) electrons. The molecule has 7 nitrogen and oxygen atoms in total. The first-order valence-corrected chi connectivity index (χ1v) is 8.40. The minimum atomic E-state index is -0.565. The Hall–Kier alpha value is -4.00. The Balaban J connectivity index is 1.57. The standard InChI is InChI=1S/C21H17N3O4/c1-14-4-2-6-16(12-14)21(27)28-24-18-10-8-17(9-11-18)22-23-20(26)15-5-3-7-19(25)13-15/h2-13,24-25H,1H3. The molecule has 3 aromatic rings. The third-order valence-corrected chi connectivity index (χ3v) is 3.73. The number of phenols is 1. The largest absolute Gasteiger partial charge is 0.508 e. The second kappa shape index (κ2) is 8.59. The lowest BCUT2D eigenvalue weighted by Gasteiger charge is -2.07. The van der Waals surface area contributed by atoms with Crippen molar-refractivity contribution in [1.82, 2.24) is 0 Å². The number of hydrogen-bond acceptors (Lipinski definition) is 6. The molecule has 0 heterocycles. The smallest absolute Gasteiger partial charge is 0.362 e. The van der Waals surface area contributed by atoms with Crippen molar-refractivity contribution in [2.45, 2.75) is 6.92 Å². The van der Waals surface area contributed by atoms with Gasteiger partial charge in [0.05, 0.1) is 16.9 Å². The van der Waals surface area contributed by atoms with Crippen molar-refractivity contribution >= 4 is 23.3 Å². The molecule has 3 rings (SSSR count). The molecule has 0 aliphatic carbocycles. The van der Waals surface area contributed by atoms with E-state index in [2.05, 4.69) is 15.7 Å². The Morgan fingerprint density at radius 1 is 0.929 bits per heavy atom. The van der Waals surface area contributed by atoms with E-state index >= 15 is 0 Å². The number of carbonyl (C=O) groups is 2. The zero-order chi connectivity index (χ0) is 19.9. The maximum absolute atomic E-state index is 12.0. The first-order chi connectivity index (χ1) is 13.5. The lowest BCUT2D eigenvalue weighted by atomic mass is 10.1. The van der Waals surface area contributed by atoms with Gasteiger partial charge < -0.3 is 9.94 Å². The lowest BCUT2D eigenvalue weighted by Crippen LogP contribution is -2.10. The van der Waals surface area contributed by atoms with Gasteiger partial charge in [-0.05, 0) is 61.5 Å². The highest BCUT2D eigenvalue weighted by atomic mass is 16.7. The normalized spacial score (nSPS) is 10.6. The predicted molar refractivity (Wildman–Crippen MR) is 104 cm³/mol. The number of carbonyl (C=O) groups excluding carboxylic acids is 2. The zero-order valence-corrected chi connectivity index (χ0v) is 15.0. The number of aromatic hydroxyl groups is 1. The van der Waals surface area contributed by atoms with E-state index in [-0.39, 0.29) is 11.3 Å². The quantitative estimate of drug-likeness (QED) is 0.492. The summed E-state index contributed by atoms with van der Waals surface area (Å²) in [6.07, 6.45) is 0. The van der Waals surface area contributed by atoms with Crippen LogP contribution < -0.4 is 5.48 Å². The summed E-state index contributed by atoms with van der Waals surface area (Å²) in [5.74, 6) is -1.08. The summed E-state index contributed by atoms with van der Waals surface area (Å²) in [7, 11) is 0. The van der Waals surface area contributed by atoms with Gasteiger partial charge in [-0.3, -0.25) is 4.79 Å². The molecule has 0 saturated carbocycles. The highest BCUT2D eigenvalue weighted by Gasteiger charge is 2.08. The van der Waals surface area contributed by atoms with E-state index < -0.39 is 11.9 Å². The first-order valence-electron chi connectivity index (χ1n) is 8.40. The van der Waals surface area contributed by atoms with E-state index in [1.165, 1.54) is 18.2 Å². The topological polar surface area (TPSA) is 100 Å². The lowest BCUT2D eigenvalue weighted by molar-refractivity contribution is 0.0596. The van der Waals surface area contributed by atoms with Gasteiger partial charge in [0.2, 0.25) is 0 Å². The fraction of sp³-hybridized carbons (Fsp3) is 0.0476. The summed E-state index contributed by atoms with van der Waals surface area (Å²) in [5, 5.41) is 16.9. The number of phenolic OH excluding ortho intramolecular Hbond substituents is 1. The molecule has 0 saturated heterocycles. The van der Waals surface area contributed by atoms with Gasteiger partial charge in [0.15, 0.2) is 0 Å². The predicted octanol–water partition coefficient (Wildman–Crippen LogP) is 4.81. The molecular weight excluding hydrogens is 358 g/mol. The minimum absolute atomic E-state index is 0.0170. The molecule has 0 bridgehead atoms. The van der Waals surface area contributed by atoms with Crippen LogP contribution in [0.4, 0.5) is 11.4 Å². The molecule has 0 aliphatic rings. The number of amides is 1. The van der Waals surface area contributed by atoms with Crippen molar-refractivity contribution in [1.29, 1.82) is 0 Å². The second-order valence-corrected chi connectivity index (χ2v) is 5.96. The van der Waals surface area contributed by atoms with Crippen molar-refractivity contribution in [2.75, 3.05) is 5.48 Å². The van der Waals surface area contributed by atoms with Crippen LogP contribution in [0.15, 0.2) is 83.0 Å². The van der Waals surface area contributed by atoms with Crippen LogP contribution in [0.5, 0.6) is 5.75 Å². The maximum Gasteiger partial charge on any atom is 0.362 e. The first kappa shape index (κ1) is 18.8. The van der Waals surface area contributed by atoms with E-state index in [0.717, 1.165) is 5.56 Å². The molecule has 0 fully saturated rings. The van der Waals surface area contributed by atoms with Crippen molar-refractivity contribution in [3.05, 3.63) is 89.5 Å². The van der Waals surface area contributed by atoms with Crippen LogP contribution in [0.2, 0.25) is 0 Å². The number of azo groups is 1. The van der Waals surface area contributed by atoms with Gasteiger partial charge in [-0.25, -0.2) is 10.3 Å². The third-order valence-electron chi connectivity index (χ3n) is 3.73. The monoisotopic (exact) mass is 375 g/mol. The number of nitrogens with one attached hydrogen (secondary N) is 1.